The van der Waals surface area contributed by atoms with Gasteiger partial charge in [-0.3, -0.25) is 9.38 Å². The highest BCUT2D eigenvalue weighted by Gasteiger charge is 2.34. The van der Waals surface area contributed by atoms with Crippen molar-refractivity contribution in [3.05, 3.63) is 54.4 Å². The van der Waals surface area contributed by atoms with Crippen LogP contribution in [0.25, 0.3) is 39.6 Å². The first-order chi connectivity index (χ1) is 17.7. The average Bonchev–Trinajstić information content (AvgIpc) is 3.43. The molecule has 0 bridgehead atoms. The molecule has 0 aliphatic rings. The second-order valence-corrected chi connectivity index (χ2v) is 10.4. The molecule has 5 heterocycles. The monoisotopic (exact) mass is 555 g/mol. The van der Waals surface area contributed by atoms with Gasteiger partial charge >= 0.3 is 12.4 Å². The zero-order chi connectivity index (χ0) is 27.6. The van der Waals surface area contributed by atoms with E-state index >= 15 is 0 Å². The standard InChI is InChI=1S/C22H15F6N7O2S/c1-3-38(36,37)15-6-11(13-9-31-20-33-16(21(23,24)25)4-5-35(13)20)8-30-18(15)19-32-12-7-17(22(26,27)28)29-10-14(12)34(19)2/h4-10H,3H2,1-2H3. The molecule has 0 spiro atoms. The number of imidazole rings is 2. The molecule has 9 nitrogen and oxygen atoms in total. The Bertz CT molecular complexity index is 1820. The first-order valence-electron chi connectivity index (χ1n) is 10.7. The molecule has 0 aliphatic carbocycles. The summed E-state index contributed by atoms with van der Waals surface area (Å²) in [7, 11) is -2.48. The summed E-state index contributed by atoms with van der Waals surface area (Å²) in [4.78, 5) is 19.0. The highest BCUT2D eigenvalue weighted by molar-refractivity contribution is 7.91. The summed E-state index contributed by atoms with van der Waals surface area (Å²) in [6.45, 7) is 1.40. The maximum Gasteiger partial charge on any atom is 0.433 e. The fourth-order valence-corrected chi connectivity index (χ4v) is 4.90. The molecule has 0 saturated carbocycles. The summed E-state index contributed by atoms with van der Waals surface area (Å²) in [5.74, 6) is -0.616. The summed E-state index contributed by atoms with van der Waals surface area (Å²) in [5, 5.41) is 0. The lowest BCUT2D eigenvalue weighted by atomic mass is 10.2. The molecule has 0 fully saturated rings. The van der Waals surface area contributed by atoms with Crippen LogP contribution in [0.5, 0.6) is 0 Å². The van der Waals surface area contributed by atoms with E-state index in [0.717, 1.165) is 24.5 Å². The Balaban J connectivity index is 1.69. The Morgan fingerprint density at radius 2 is 1.61 bits per heavy atom. The number of aryl methyl sites for hydroxylation is 1. The Morgan fingerprint density at radius 1 is 0.895 bits per heavy atom. The molecular weight excluding hydrogens is 540 g/mol. The average molecular weight is 555 g/mol. The van der Waals surface area contributed by atoms with Crippen molar-refractivity contribution < 1.29 is 34.8 Å². The van der Waals surface area contributed by atoms with Crippen molar-refractivity contribution in [1.82, 2.24) is 33.9 Å². The number of sulfone groups is 1. The summed E-state index contributed by atoms with van der Waals surface area (Å²) in [6.07, 6.45) is -4.80. The van der Waals surface area contributed by atoms with Gasteiger partial charge in [-0.1, -0.05) is 6.92 Å². The van der Waals surface area contributed by atoms with Crippen LogP contribution in [0.4, 0.5) is 26.3 Å². The van der Waals surface area contributed by atoms with Gasteiger partial charge in [-0.25, -0.2) is 28.4 Å². The van der Waals surface area contributed by atoms with Crippen molar-refractivity contribution in [2.75, 3.05) is 5.75 Å². The second kappa shape index (κ2) is 8.47. The molecular formula is C22H15F6N7O2S. The summed E-state index contributed by atoms with van der Waals surface area (Å²) < 4.78 is 107. The van der Waals surface area contributed by atoms with Gasteiger partial charge < -0.3 is 4.57 Å². The smallest absolute Gasteiger partial charge is 0.324 e. The summed E-state index contributed by atoms with van der Waals surface area (Å²) in [6, 6.07) is 2.77. The summed E-state index contributed by atoms with van der Waals surface area (Å²) >= 11 is 0. The predicted octanol–water partition coefficient (Wildman–Crippen LogP) is 4.57. The highest BCUT2D eigenvalue weighted by Crippen LogP contribution is 2.34. The Labute approximate surface area is 209 Å². The van der Waals surface area contributed by atoms with Crippen LogP contribution < -0.4 is 0 Å². The largest absolute Gasteiger partial charge is 0.433 e. The molecule has 0 aliphatic heterocycles. The van der Waals surface area contributed by atoms with Crippen LogP contribution in [0.2, 0.25) is 0 Å². The minimum atomic E-state index is -4.70. The van der Waals surface area contributed by atoms with Crippen molar-refractivity contribution in [2.24, 2.45) is 7.05 Å². The van der Waals surface area contributed by atoms with Crippen LogP contribution in [0.15, 0.2) is 47.9 Å². The quantitative estimate of drug-likeness (QED) is 0.299. The molecule has 5 aromatic rings. The number of halogens is 6. The maximum atomic E-state index is 13.1. The van der Waals surface area contributed by atoms with Crippen LogP contribution in [-0.2, 0) is 29.2 Å². The molecule has 0 radical (unpaired) electrons. The maximum absolute atomic E-state index is 13.1. The number of alkyl halides is 6. The van der Waals surface area contributed by atoms with Gasteiger partial charge in [0.2, 0.25) is 5.78 Å². The van der Waals surface area contributed by atoms with E-state index in [1.54, 1.807) is 0 Å². The van der Waals surface area contributed by atoms with E-state index in [0.29, 0.717) is 0 Å². The number of nitrogens with zero attached hydrogens (tertiary/aromatic N) is 7. The first kappa shape index (κ1) is 25.6. The zero-order valence-electron chi connectivity index (χ0n) is 19.4. The highest BCUT2D eigenvalue weighted by atomic mass is 32.2. The number of pyridine rings is 2. The predicted molar refractivity (Wildman–Crippen MR) is 121 cm³/mol. The van der Waals surface area contributed by atoms with Crippen molar-refractivity contribution in [2.45, 2.75) is 24.2 Å². The molecule has 5 aromatic heterocycles. The fraction of sp³-hybridized carbons (Fsp3) is 0.227. The number of hydrogen-bond acceptors (Lipinski definition) is 7. The van der Waals surface area contributed by atoms with Crippen LogP contribution in [0.1, 0.15) is 18.3 Å². The van der Waals surface area contributed by atoms with Crippen molar-refractivity contribution in [3.63, 3.8) is 0 Å². The van der Waals surface area contributed by atoms with Crippen LogP contribution >= 0.6 is 0 Å². The fourth-order valence-electron chi connectivity index (χ4n) is 3.84. The van der Waals surface area contributed by atoms with Gasteiger partial charge in [0, 0.05) is 25.0 Å². The van der Waals surface area contributed by atoms with Crippen molar-refractivity contribution in [3.8, 4) is 22.8 Å². The number of aromatic nitrogens is 7. The topological polar surface area (TPSA) is 108 Å². The van der Waals surface area contributed by atoms with Gasteiger partial charge in [0.1, 0.15) is 17.1 Å². The van der Waals surface area contributed by atoms with E-state index < -0.39 is 33.6 Å². The minimum Gasteiger partial charge on any atom is -0.324 e. The Morgan fingerprint density at radius 3 is 2.26 bits per heavy atom. The van der Waals surface area contributed by atoms with E-state index in [2.05, 4.69) is 24.9 Å². The third kappa shape index (κ3) is 4.23. The van der Waals surface area contributed by atoms with Crippen molar-refractivity contribution >= 4 is 26.6 Å². The minimum absolute atomic E-state index is 0.0191. The lowest BCUT2D eigenvalue weighted by molar-refractivity contribution is -0.141. The molecule has 0 unspecified atom stereocenters. The molecule has 0 amide bonds. The van der Waals surface area contributed by atoms with Gasteiger partial charge in [-0.15, -0.1) is 0 Å². The van der Waals surface area contributed by atoms with Crippen LogP contribution in [0, 0.1) is 0 Å². The van der Waals surface area contributed by atoms with Gasteiger partial charge in [0.15, 0.2) is 15.7 Å². The van der Waals surface area contributed by atoms with E-state index in [1.165, 1.54) is 41.4 Å². The van der Waals surface area contributed by atoms with Crippen LogP contribution in [-0.4, -0.2) is 48.1 Å². The zero-order valence-corrected chi connectivity index (χ0v) is 20.2. The third-order valence-corrected chi connectivity index (χ3v) is 7.54. The van der Waals surface area contributed by atoms with Gasteiger partial charge in [-0.2, -0.15) is 26.3 Å². The summed E-state index contributed by atoms with van der Waals surface area (Å²) in [5.41, 5.74) is -1.85. The van der Waals surface area contributed by atoms with Gasteiger partial charge in [0.05, 0.1) is 39.8 Å². The number of hydrogen-bond donors (Lipinski definition) is 0. The third-order valence-electron chi connectivity index (χ3n) is 5.80. The number of rotatable bonds is 4. The van der Waals surface area contributed by atoms with Crippen molar-refractivity contribution in [1.29, 1.82) is 0 Å². The normalized spacial score (nSPS) is 13.1. The van der Waals surface area contributed by atoms with E-state index in [9.17, 15) is 34.8 Å². The lowest BCUT2D eigenvalue weighted by Gasteiger charge is -2.11. The molecule has 5 rings (SSSR count). The van der Waals surface area contributed by atoms with E-state index in [4.69, 9.17) is 0 Å². The Hall–Kier alpha value is -4.08. The molecule has 0 aromatic carbocycles. The molecule has 38 heavy (non-hydrogen) atoms. The van der Waals surface area contributed by atoms with Gasteiger partial charge in [0.25, 0.3) is 0 Å². The molecule has 16 heteroatoms. The molecule has 0 N–H and O–H groups in total. The second-order valence-electron chi connectivity index (χ2n) is 8.15. The molecule has 198 valence electrons. The number of fused-ring (bicyclic) bond motifs is 2. The van der Waals surface area contributed by atoms with E-state index in [1.807, 2.05) is 0 Å². The first-order valence-corrected chi connectivity index (χ1v) is 12.4. The van der Waals surface area contributed by atoms with Crippen LogP contribution in [0.3, 0.4) is 0 Å². The SMILES string of the molecule is CCS(=O)(=O)c1cc(-c2cnc3nc(C(F)(F)F)ccn23)cnc1-c1nc2cc(C(F)(F)F)ncc2n1C. The molecule has 0 atom stereocenters. The lowest BCUT2D eigenvalue weighted by Crippen LogP contribution is -2.10. The van der Waals surface area contributed by atoms with Gasteiger partial charge in [-0.05, 0) is 18.2 Å². The van der Waals surface area contributed by atoms with E-state index in [-0.39, 0.29) is 50.2 Å². The molecule has 0 saturated heterocycles. The Kier molecular flexibility index (Phi) is 5.70.